The summed E-state index contributed by atoms with van der Waals surface area (Å²) in [6.07, 6.45) is 7.38. The first-order chi connectivity index (χ1) is 14.7. The van der Waals surface area contributed by atoms with E-state index in [-0.39, 0.29) is 34.5 Å². The second kappa shape index (κ2) is 7.35. The average Bonchev–Trinajstić information content (AvgIpc) is 3.46. The van der Waals surface area contributed by atoms with Gasteiger partial charge in [-0.2, -0.15) is 10.1 Å². The molecule has 13 nitrogen and oxygen atoms in total. The molecule has 0 saturated carbocycles. The van der Waals surface area contributed by atoms with E-state index in [0.717, 1.165) is 19.4 Å². The highest BCUT2D eigenvalue weighted by molar-refractivity contribution is 5.92. The molecule has 0 spiro atoms. The zero-order valence-corrected chi connectivity index (χ0v) is 15.7. The summed E-state index contributed by atoms with van der Waals surface area (Å²) in [4.78, 5) is 52.7. The van der Waals surface area contributed by atoms with Gasteiger partial charge in [-0.05, 0) is 12.8 Å². The summed E-state index contributed by atoms with van der Waals surface area (Å²) in [6.45, 7) is 1.25. The fourth-order valence-corrected chi connectivity index (χ4v) is 3.48. The molecule has 0 aromatic carbocycles. The number of H-pyrrole nitrogens is 2. The minimum atomic E-state index is -0.389. The van der Waals surface area contributed by atoms with Crippen LogP contribution in [0.2, 0.25) is 0 Å². The Morgan fingerprint density at radius 2 is 2.10 bits per heavy atom. The molecule has 0 radical (unpaired) electrons. The maximum Gasteiger partial charge on any atom is 0.278 e. The molecular formula is C17H17N11O2. The Morgan fingerprint density at radius 1 is 1.20 bits per heavy atom. The van der Waals surface area contributed by atoms with E-state index in [1.54, 1.807) is 17.1 Å². The molecule has 0 aliphatic carbocycles. The third kappa shape index (κ3) is 3.36. The zero-order valence-electron chi connectivity index (χ0n) is 15.7. The number of hydrogen-bond acceptors (Lipinski definition) is 9. The largest absolute Gasteiger partial charge is 0.356 e. The molecule has 3 N–H and O–H groups in total. The van der Waals surface area contributed by atoms with Crippen LogP contribution in [0.5, 0.6) is 0 Å². The Balaban J connectivity index is 1.32. The molecule has 152 valence electrons. The predicted octanol–water partition coefficient (Wildman–Crippen LogP) is -0.128. The highest BCUT2D eigenvalue weighted by atomic mass is 16.2. The van der Waals surface area contributed by atoms with Gasteiger partial charge in [-0.15, -0.1) is 0 Å². The standard InChI is InChI=1S/C17H17N11O2/c29-15(25-17-24-14-13(16(30)26-17)21-8-22-14)10-2-1-3-27(5-10)11-4-12(20-7-19-11)28-9-18-6-23-28/h4,6-10H,1-3,5H2,(H3,21,22,24,25,26,29,30). The number of imidazole rings is 1. The number of aromatic amines is 2. The molecule has 5 rings (SSSR count). The topological polar surface area (TPSA) is 163 Å². The number of carbonyl (C=O) groups is 1. The smallest absolute Gasteiger partial charge is 0.278 e. The maximum absolute atomic E-state index is 12.8. The summed E-state index contributed by atoms with van der Waals surface area (Å²) in [5.74, 6) is 0.875. The number of anilines is 2. The number of carbonyl (C=O) groups excluding carboxylic acids is 1. The SMILES string of the molecule is O=C(Nc1nc2nc[nH]c2c(=O)[nH]1)C1CCCN(c2cc(-n3cncn3)ncn2)C1. The normalized spacial score (nSPS) is 16.7. The third-order valence-corrected chi connectivity index (χ3v) is 4.95. The summed E-state index contributed by atoms with van der Waals surface area (Å²) >= 11 is 0. The molecule has 0 bridgehead atoms. The van der Waals surface area contributed by atoms with E-state index in [0.29, 0.717) is 18.2 Å². The minimum absolute atomic E-state index is 0.0808. The lowest BCUT2D eigenvalue weighted by molar-refractivity contribution is -0.120. The van der Waals surface area contributed by atoms with E-state index in [4.69, 9.17) is 0 Å². The molecule has 1 unspecified atom stereocenters. The van der Waals surface area contributed by atoms with Gasteiger partial charge >= 0.3 is 0 Å². The Labute approximate surface area is 168 Å². The fourth-order valence-electron chi connectivity index (χ4n) is 3.48. The number of rotatable bonds is 4. The van der Waals surface area contributed by atoms with Crippen LogP contribution < -0.4 is 15.8 Å². The van der Waals surface area contributed by atoms with E-state index in [1.165, 1.54) is 19.0 Å². The minimum Gasteiger partial charge on any atom is -0.356 e. The number of aromatic nitrogens is 9. The van der Waals surface area contributed by atoms with Gasteiger partial charge in [0.05, 0.1) is 12.2 Å². The molecule has 1 fully saturated rings. The molecule has 30 heavy (non-hydrogen) atoms. The molecule has 13 heteroatoms. The van der Waals surface area contributed by atoms with Crippen molar-refractivity contribution in [1.82, 2.24) is 44.7 Å². The van der Waals surface area contributed by atoms with E-state index in [1.807, 2.05) is 4.90 Å². The van der Waals surface area contributed by atoms with Crippen molar-refractivity contribution in [3.05, 3.63) is 41.7 Å². The lowest BCUT2D eigenvalue weighted by Gasteiger charge is -2.32. The Hall–Kier alpha value is -4.16. The Bertz CT molecular complexity index is 1250. The van der Waals surface area contributed by atoms with Crippen LogP contribution in [0, 0.1) is 5.92 Å². The Morgan fingerprint density at radius 3 is 2.97 bits per heavy atom. The van der Waals surface area contributed by atoms with Gasteiger partial charge in [0.25, 0.3) is 5.56 Å². The molecule has 1 amide bonds. The van der Waals surface area contributed by atoms with E-state index >= 15 is 0 Å². The number of piperidine rings is 1. The first-order valence-corrected chi connectivity index (χ1v) is 9.33. The van der Waals surface area contributed by atoms with E-state index in [2.05, 4.69) is 45.3 Å². The van der Waals surface area contributed by atoms with Crippen LogP contribution in [-0.4, -0.2) is 63.7 Å². The summed E-state index contributed by atoms with van der Waals surface area (Å²) in [5.41, 5.74) is 0.129. The van der Waals surface area contributed by atoms with Gasteiger partial charge in [0, 0.05) is 19.2 Å². The monoisotopic (exact) mass is 407 g/mol. The molecule has 5 heterocycles. The van der Waals surface area contributed by atoms with Gasteiger partial charge in [-0.1, -0.05) is 0 Å². The number of amides is 1. The summed E-state index contributed by atoms with van der Waals surface area (Å²) in [5, 5.41) is 6.78. The summed E-state index contributed by atoms with van der Waals surface area (Å²) in [7, 11) is 0. The quantitative estimate of drug-likeness (QED) is 0.418. The number of nitrogens with one attached hydrogen (secondary N) is 3. The molecule has 1 aliphatic rings. The number of hydrogen-bond donors (Lipinski definition) is 3. The molecule has 4 aromatic rings. The van der Waals surface area contributed by atoms with Crippen molar-refractivity contribution in [2.24, 2.45) is 5.92 Å². The lowest BCUT2D eigenvalue weighted by Crippen LogP contribution is -2.41. The van der Waals surface area contributed by atoms with Gasteiger partial charge in [0.1, 0.15) is 24.8 Å². The van der Waals surface area contributed by atoms with Crippen molar-refractivity contribution < 1.29 is 4.79 Å². The van der Waals surface area contributed by atoms with E-state index < -0.39 is 0 Å². The van der Waals surface area contributed by atoms with Gasteiger partial charge in [0.15, 0.2) is 17.0 Å². The Kier molecular flexibility index (Phi) is 4.38. The van der Waals surface area contributed by atoms with Crippen molar-refractivity contribution in [3.8, 4) is 5.82 Å². The lowest BCUT2D eigenvalue weighted by atomic mass is 9.97. The van der Waals surface area contributed by atoms with Gasteiger partial charge < -0.3 is 9.88 Å². The van der Waals surface area contributed by atoms with Crippen molar-refractivity contribution in [1.29, 1.82) is 0 Å². The highest BCUT2D eigenvalue weighted by Gasteiger charge is 2.27. The molecule has 1 atom stereocenters. The fraction of sp³-hybridized carbons (Fsp3) is 0.294. The molecule has 1 saturated heterocycles. The van der Waals surface area contributed by atoms with Crippen LogP contribution in [0.25, 0.3) is 17.0 Å². The van der Waals surface area contributed by atoms with Crippen molar-refractivity contribution >= 4 is 28.8 Å². The van der Waals surface area contributed by atoms with Crippen LogP contribution in [-0.2, 0) is 4.79 Å². The van der Waals surface area contributed by atoms with Crippen LogP contribution in [0.1, 0.15) is 12.8 Å². The second-order valence-electron chi connectivity index (χ2n) is 6.86. The van der Waals surface area contributed by atoms with E-state index in [9.17, 15) is 9.59 Å². The van der Waals surface area contributed by atoms with Crippen LogP contribution in [0.15, 0.2) is 36.2 Å². The molecule has 1 aliphatic heterocycles. The first-order valence-electron chi connectivity index (χ1n) is 9.33. The summed E-state index contributed by atoms with van der Waals surface area (Å²) < 4.78 is 1.55. The van der Waals surface area contributed by atoms with Crippen LogP contribution >= 0.6 is 0 Å². The highest BCUT2D eigenvalue weighted by Crippen LogP contribution is 2.23. The maximum atomic E-state index is 12.8. The van der Waals surface area contributed by atoms with Crippen LogP contribution in [0.4, 0.5) is 11.8 Å². The third-order valence-electron chi connectivity index (χ3n) is 4.95. The van der Waals surface area contributed by atoms with Crippen LogP contribution in [0.3, 0.4) is 0 Å². The number of fused-ring (bicyclic) bond motifs is 1. The summed E-state index contributed by atoms with van der Waals surface area (Å²) in [6, 6.07) is 1.81. The molecule has 4 aromatic heterocycles. The molecular weight excluding hydrogens is 390 g/mol. The van der Waals surface area contributed by atoms with Crippen molar-refractivity contribution in [2.75, 3.05) is 23.3 Å². The van der Waals surface area contributed by atoms with Crippen molar-refractivity contribution in [3.63, 3.8) is 0 Å². The van der Waals surface area contributed by atoms with Gasteiger partial charge in [-0.25, -0.2) is 24.6 Å². The predicted molar refractivity (Wildman–Crippen MR) is 105 cm³/mol. The van der Waals surface area contributed by atoms with Gasteiger partial charge in [0.2, 0.25) is 11.9 Å². The second-order valence-corrected chi connectivity index (χ2v) is 6.86. The zero-order chi connectivity index (χ0) is 20.5. The van der Waals surface area contributed by atoms with Crippen molar-refractivity contribution in [2.45, 2.75) is 12.8 Å². The first kappa shape index (κ1) is 17.9. The number of nitrogens with zero attached hydrogens (tertiary/aromatic N) is 8. The average molecular weight is 407 g/mol. The van der Waals surface area contributed by atoms with Gasteiger partial charge in [-0.3, -0.25) is 19.9 Å².